The first-order valence-electron chi connectivity index (χ1n) is 7.80. The zero-order valence-electron chi connectivity index (χ0n) is 12.7. The van der Waals surface area contributed by atoms with Gasteiger partial charge in [0.1, 0.15) is 12.4 Å². The fourth-order valence-corrected chi connectivity index (χ4v) is 2.94. The summed E-state index contributed by atoms with van der Waals surface area (Å²) >= 11 is 0. The fourth-order valence-electron chi connectivity index (χ4n) is 2.94. The highest BCUT2D eigenvalue weighted by Crippen LogP contribution is 2.38. The van der Waals surface area contributed by atoms with Gasteiger partial charge in [-0.05, 0) is 25.7 Å². The first-order chi connectivity index (χ1) is 10.7. The summed E-state index contributed by atoms with van der Waals surface area (Å²) in [7, 11) is 0. The topological polar surface area (TPSA) is 92.3 Å². The first-order valence-corrected chi connectivity index (χ1v) is 7.80. The van der Waals surface area contributed by atoms with E-state index in [9.17, 15) is 4.79 Å². The molecule has 8 nitrogen and oxygen atoms in total. The number of hydrogen-bond donors (Lipinski definition) is 3. The van der Waals surface area contributed by atoms with Crippen molar-refractivity contribution in [3.8, 4) is 0 Å². The summed E-state index contributed by atoms with van der Waals surface area (Å²) in [6.07, 6.45) is 3.73. The van der Waals surface area contributed by atoms with E-state index in [1.54, 1.807) is 13.1 Å². The largest absolute Gasteiger partial charge is 0.513 e. The van der Waals surface area contributed by atoms with Crippen LogP contribution in [0.25, 0.3) is 0 Å². The molecule has 2 fully saturated rings. The molecule has 1 aliphatic carbocycles. The minimum atomic E-state index is -0.708. The summed E-state index contributed by atoms with van der Waals surface area (Å²) in [5.74, 6) is 1.12. The first kappa shape index (κ1) is 15.5. The maximum Gasteiger partial charge on any atom is 0.513 e. The molecule has 0 amide bonds. The van der Waals surface area contributed by atoms with Crippen molar-refractivity contribution in [2.45, 2.75) is 44.6 Å². The van der Waals surface area contributed by atoms with Crippen LogP contribution in [0.15, 0.2) is 12.0 Å². The minimum Gasteiger partial charge on any atom is -0.434 e. The molecule has 124 valence electrons. The van der Waals surface area contributed by atoms with Crippen LogP contribution in [-0.4, -0.2) is 54.5 Å². The highest BCUT2D eigenvalue weighted by molar-refractivity contribution is 5.61. The van der Waals surface area contributed by atoms with Crippen LogP contribution in [0.2, 0.25) is 0 Å². The minimum absolute atomic E-state index is 0.0177. The van der Waals surface area contributed by atoms with Gasteiger partial charge in [-0.15, -0.1) is 0 Å². The molecular weight excluding hydrogens is 290 g/mol. The summed E-state index contributed by atoms with van der Waals surface area (Å²) in [6, 6.07) is 0.319. The summed E-state index contributed by atoms with van der Waals surface area (Å²) in [5, 5.41) is 14.3. The predicted molar refractivity (Wildman–Crippen MR) is 76.0 cm³/mol. The maximum absolute atomic E-state index is 11.5. The van der Waals surface area contributed by atoms with Gasteiger partial charge in [-0.3, -0.25) is 5.32 Å². The molecule has 0 aromatic carbocycles. The molecule has 0 aromatic rings. The number of nitrogens with zero attached hydrogens (tertiary/aromatic N) is 1. The third-order valence-electron chi connectivity index (χ3n) is 4.10. The van der Waals surface area contributed by atoms with Crippen LogP contribution >= 0.6 is 0 Å². The van der Waals surface area contributed by atoms with Gasteiger partial charge in [-0.1, -0.05) is 0 Å². The lowest BCUT2D eigenvalue weighted by atomic mass is 10.0. The second-order valence-electron chi connectivity index (χ2n) is 5.67. The van der Waals surface area contributed by atoms with E-state index in [0.29, 0.717) is 17.7 Å². The number of rotatable bonds is 6. The molecule has 2 heterocycles. The Bertz CT molecular complexity index is 440. The monoisotopic (exact) mass is 313 g/mol. The van der Waals surface area contributed by atoms with Gasteiger partial charge in [0, 0.05) is 12.5 Å². The van der Waals surface area contributed by atoms with E-state index < -0.39 is 6.16 Å². The molecule has 0 spiro atoms. The normalized spacial score (nSPS) is 31.2. The number of aliphatic hydroxyl groups is 1. The number of carbonyl (C=O) groups excluding carboxylic acids is 1. The van der Waals surface area contributed by atoms with Crippen LogP contribution in [0.4, 0.5) is 4.79 Å². The molecule has 1 saturated carbocycles. The molecule has 0 bridgehead atoms. The van der Waals surface area contributed by atoms with Gasteiger partial charge >= 0.3 is 6.16 Å². The van der Waals surface area contributed by atoms with Crippen LogP contribution in [0.5, 0.6) is 0 Å². The Morgan fingerprint density at radius 2 is 2.32 bits per heavy atom. The Morgan fingerprint density at radius 3 is 3.00 bits per heavy atom. The van der Waals surface area contributed by atoms with E-state index >= 15 is 0 Å². The van der Waals surface area contributed by atoms with Gasteiger partial charge in [0.2, 0.25) is 0 Å². The van der Waals surface area contributed by atoms with Gasteiger partial charge in [-0.25, -0.2) is 4.79 Å². The van der Waals surface area contributed by atoms with Crippen molar-refractivity contribution in [2.75, 3.05) is 19.8 Å². The van der Waals surface area contributed by atoms with E-state index in [1.807, 2.05) is 5.01 Å². The van der Waals surface area contributed by atoms with Crippen molar-refractivity contribution in [2.24, 2.45) is 5.92 Å². The standard InChI is InChI=1S/C14H23N3O5/c1-2-20-14(19)22-11-8-15-17-12(21-6-5-18)7-10(9-3-4-9)16-13(11)17/h8-10,12-13,15-16,18H,2-7H2,1H3. The van der Waals surface area contributed by atoms with Crippen molar-refractivity contribution in [1.29, 1.82) is 0 Å². The molecule has 3 rings (SSSR count). The second kappa shape index (κ2) is 6.82. The Balaban J connectivity index is 1.65. The summed E-state index contributed by atoms with van der Waals surface area (Å²) < 4.78 is 15.8. The molecule has 0 aromatic heterocycles. The Hall–Kier alpha value is -1.35. The van der Waals surface area contributed by atoms with Crippen LogP contribution in [-0.2, 0) is 14.2 Å². The van der Waals surface area contributed by atoms with Crippen LogP contribution in [0, 0.1) is 5.92 Å². The van der Waals surface area contributed by atoms with Gasteiger partial charge < -0.3 is 24.7 Å². The zero-order valence-corrected chi connectivity index (χ0v) is 12.7. The molecule has 22 heavy (non-hydrogen) atoms. The summed E-state index contributed by atoms with van der Waals surface area (Å²) in [4.78, 5) is 11.5. The SMILES string of the molecule is CCOC(=O)OC1=CNN2C(OCCO)CC(C3CC3)NC12. The fraction of sp³-hybridized carbons (Fsp3) is 0.786. The van der Waals surface area contributed by atoms with E-state index in [-0.39, 0.29) is 32.2 Å². The smallest absolute Gasteiger partial charge is 0.434 e. The Morgan fingerprint density at radius 1 is 1.50 bits per heavy atom. The van der Waals surface area contributed by atoms with Gasteiger partial charge in [0.05, 0.1) is 26.0 Å². The van der Waals surface area contributed by atoms with Crippen molar-refractivity contribution < 1.29 is 24.1 Å². The Kier molecular flexibility index (Phi) is 4.82. The number of fused-ring (bicyclic) bond motifs is 1. The molecule has 2 aliphatic heterocycles. The van der Waals surface area contributed by atoms with Crippen molar-refractivity contribution in [3.63, 3.8) is 0 Å². The quantitative estimate of drug-likeness (QED) is 0.601. The predicted octanol–water partition coefficient (Wildman–Crippen LogP) is 0.254. The second-order valence-corrected chi connectivity index (χ2v) is 5.67. The highest BCUT2D eigenvalue weighted by Gasteiger charge is 2.46. The van der Waals surface area contributed by atoms with Gasteiger partial charge in [-0.2, -0.15) is 5.01 Å². The molecule has 3 atom stereocenters. The van der Waals surface area contributed by atoms with E-state index in [2.05, 4.69) is 10.7 Å². The lowest BCUT2D eigenvalue weighted by Crippen LogP contribution is -2.62. The van der Waals surface area contributed by atoms with Crippen LogP contribution < -0.4 is 10.7 Å². The Labute approximate surface area is 129 Å². The average molecular weight is 313 g/mol. The molecule has 3 N–H and O–H groups in total. The number of nitrogens with one attached hydrogen (secondary N) is 2. The summed E-state index contributed by atoms with van der Waals surface area (Å²) in [6.45, 7) is 2.26. The van der Waals surface area contributed by atoms with E-state index in [4.69, 9.17) is 19.3 Å². The number of hydrazine groups is 1. The van der Waals surface area contributed by atoms with Gasteiger partial charge in [0.25, 0.3) is 0 Å². The molecular formula is C14H23N3O5. The number of aliphatic hydroxyl groups excluding tert-OH is 1. The third-order valence-corrected chi connectivity index (χ3v) is 4.10. The van der Waals surface area contributed by atoms with E-state index in [1.165, 1.54) is 12.8 Å². The maximum atomic E-state index is 11.5. The van der Waals surface area contributed by atoms with Gasteiger partial charge in [0.15, 0.2) is 5.76 Å². The zero-order chi connectivity index (χ0) is 15.5. The van der Waals surface area contributed by atoms with Crippen LogP contribution in [0.1, 0.15) is 26.2 Å². The third kappa shape index (κ3) is 3.35. The molecule has 8 heteroatoms. The number of ether oxygens (including phenoxy) is 3. The average Bonchev–Trinajstić information content (AvgIpc) is 3.28. The highest BCUT2D eigenvalue weighted by atomic mass is 16.7. The van der Waals surface area contributed by atoms with Crippen molar-refractivity contribution in [1.82, 2.24) is 15.8 Å². The lowest BCUT2D eigenvalue weighted by Gasteiger charge is -2.42. The summed E-state index contributed by atoms with van der Waals surface area (Å²) in [5.41, 5.74) is 3.06. The van der Waals surface area contributed by atoms with Crippen LogP contribution in [0.3, 0.4) is 0 Å². The molecule has 1 saturated heterocycles. The van der Waals surface area contributed by atoms with Crippen molar-refractivity contribution >= 4 is 6.16 Å². The lowest BCUT2D eigenvalue weighted by molar-refractivity contribution is -0.132. The molecule has 3 unspecified atom stereocenters. The molecule has 0 radical (unpaired) electrons. The number of hydrogen-bond acceptors (Lipinski definition) is 8. The van der Waals surface area contributed by atoms with E-state index in [0.717, 1.165) is 6.42 Å². The molecule has 3 aliphatic rings. The van der Waals surface area contributed by atoms with Crippen molar-refractivity contribution in [3.05, 3.63) is 12.0 Å². The number of carbonyl (C=O) groups is 1.